The molecule has 0 saturated carbocycles. The Morgan fingerprint density at radius 2 is 1.65 bits per heavy atom. The van der Waals surface area contributed by atoms with Crippen LogP contribution < -0.4 is 5.32 Å². The number of benzene rings is 2. The van der Waals surface area contributed by atoms with Crippen molar-refractivity contribution in [2.45, 2.75) is 19.9 Å². The van der Waals surface area contributed by atoms with Gasteiger partial charge >= 0.3 is 5.97 Å². The monoisotopic (exact) mass is 354 g/mol. The summed E-state index contributed by atoms with van der Waals surface area (Å²) in [6.45, 7) is 3.26. The van der Waals surface area contributed by atoms with E-state index in [-0.39, 0.29) is 24.4 Å². The number of amides is 2. The highest BCUT2D eigenvalue weighted by Gasteiger charge is 2.21. The maximum absolute atomic E-state index is 12.3. The summed E-state index contributed by atoms with van der Waals surface area (Å²) in [5, 5.41) is 2.73. The molecule has 0 heterocycles. The van der Waals surface area contributed by atoms with E-state index < -0.39 is 5.97 Å². The molecule has 26 heavy (non-hydrogen) atoms. The van der Waals surface area contributed by atoms with Gasteiger partial charge in [-0.25, -0.2) is 4.79 Å². The third-order valence-electron chi connectivity index (χ3n) is 4.06. The zero-order chi connectivity index (χ0) is 19.1. The van der Waals surface area contributed by atoms with Gasteiger partial charge in [-0.05, 0) is 36.8 Å². The first-order chi connectivity index (χ1) is 12.4. The van der Waals surface area contributed by atoms with Crippen LogP contribution in [0, 0.1) is 0 Å². The van der Waals surface area contributed by atoms with Crippen molar-refractivity contribution in [3.63, 3.8) is 0 Å². The van der Waals surface area contributed by atoms with Crippen LogP contribution in [-0.4, -0.2) is 36.3 Å². The van der Waals surface area contributed by atoms with Gasteiger partial charge in [0.2, 0.25) is 11.8 Å². The Labute approximate surface area is 152 Å². The SMILES string of the molecule is COC(=O)c1ccc(NC(=O)CN(C(C)=O)C(C)c2ccccc2)cc1. The molecule has 0 radical (unpaired) electrons. The van der Waals surface area contributed by atoms with Crippen molar-refractivity contribution < 1.29 is 19.1 Å². The van der Waals surface area contributed by atoms with Crippen molar-refractivity contribution in [2.24, 2.45) is 0 Å². The van der Waals surface area contributed by atoms with Gasteiger partial charge in [0.25, 0.3) is 0 Å². The number of rotatable bonds is 6. The molecule has 0 aliphatic heterocycles. The molecule has 2 aromatic rings. The van der Waals surface area contributed by atoms with E-state index in [2.05, 4.69) is 10.1 Å². The molecule has 2 aromatic carbocycles. The van der Waals surface area contributed by atoms with Crippen molar-refractivity contribution in [2.75, 3.05) is 19.0 Å². The van der Waals surface area contributed by atoms with Crippen LogP contribution in [0.15, 0.2) is 54.6 Å². The van der Waals surface area contributed by atoms with Gasteiger partial charge in [-0.2, -0.15) is 0 Å². The summed E-state index contributed by atoms with van der Waals surface area (Å²) in [6, 6.07) is 15.7. The van der Waals surface area contributed by atoms with Gasteiger partial charge in [0.05, 0.1) is 18.7 Å². The van der Waals surface area contributed by atoms with Gasteiger partial charge < -0.3 is 15.0 Å². The molecule has 1 unspecified atom stereocenters. The predicted molar refractivity (Wildman–Crippen MR) is 98.7 cm³/mol. The maximum atomic E-state index is 12.3. The summed E-state index contributed by atoms with van der Waals surface area (Å²) >= 11 is 0. The first kappa shape index (κ1) is 19.2. The van der Waals surface area contributed by atoms with Crippen LogP contribution in [0.1, 0.15) is 35.8 Å². The lowest BCUT2D eigenvalue weighted by molar-refractivity contribution is -0.134. The summed E-state index contributed by atoms with van der Waals surface area (Å²) in [5.41, 5.74) is 1.89. The molecule has 1 atom stereocenters. The van der Waals surface area contributed by atoms with E-state index in [9.17, 15) is 14.4 Å². The zero-order valence-electron chi connectivity index (χ0n) is 15.1. The van der Waals surface area contributed by atoms with Crippen LogP contribution in [0.25, 0.3) is 0 Å². The van der Waals surface area contributed by atoms with Gasteiger partial charge in [-0.1, -0.05) is 30.3 Å². The second-order valence-electron chi connectivity index (χ2n) is 5.85. The number of hydrogen-bond donors (Lipinski definition) is 1. The second kappa shape index (κ2) is 8.80. The summed E-state index contributed by atoms with van der Waals surface area (Å²) in [6.07, 6.45) is 0. The standard InChI is InChI=1S/C20H22N2O4/c1-14(16-7-5-4-6-8-16)22(15(2)23)13-19(24)21-18-11-9-17(10-12-18)20(25)26-3/h4-12,14H,13H2,1-3H3,(H,21,24). The predicted octanol–water partition coefficient (Wildman–Crippen LogP) is 3.02. The van der Waals surface area contributed by atoms with Crippen molar-refractivity contribution >= 4 is 23.5 Å². The van der Waals surface area contributed by atoms with E-state index in [1.807, 2.05) is 37.3 Å². The van der Waals surface area contributed by atoms with Crippen molar-refractivity contribution in [3.05, 3.63) is 65.7 Å². The average Bonchev–Trinajstić information content (AvgIpc) is 2.66. The number of esters is 1. The quantitative estimate of drug-likeness (QED) is 0.809. The van der Waals surface area contributed by atoms with Gasteiger partial charge in [0.1, 0.15) is 6.54 Å². The summed E-state index contributed by atoms with van der Waals surface area (Å²) in [4.78, 5) is 37.3. The van der Waals surface area contributed by atoms with Crippen molar-refractivity contribution in [3.8, 4) is 0 Å². The Morgan fingerprint density at radius 3 is 2.19 bits per heavy atom. The Bertz CT molecular complexity index is 772. The third kappa shape index (κ3) is 4.92. The molecular formula is C20H22N2O4. The molecule has 0 aromatic heterocycles. The number of methoxy groups -OCH3 is 1. The molecule has 6 nitrogen and oxygen atoms in total. The van der Waals surface area contributed by atoms with Gasteiger partial charge in [0.15, 0.2) is 0 Å². The minimum atomic E-state index is -0.442. The molecule has 6 heteroatoms. The Morgan fingerprint density at radius 1 is 1.04 bits per heavy atom. The number of hydrogen-bond acceptors (Lipinski definition) is 4. The number of nitrogens with zero attached hydrogens (tertiary/aromatic N) is 1. The molecule has 2 amide bonds. The van der Waals surface area contributed by atoms with Crippen LogP contribution in [0.4, 0.5) is 5.69 Å². The molecule has 0 aliphatic carbocycles. The molecular weight excluding hydrogens is 332 g/mol. The summed E-state index contributed by atoms with van der Waals surface area (Å²) in [5.74, 6) is -0.936. The van der Waals surface area contributed by atoms with E-state index in [0.717, 1.165) is 5.56 Å². The lowest BCUT2D eigenvalue weighted by Gasteiger charge is -2.28. The molecule has 0 fully saturated rings. The normalized spacial score (nSPS) is 11.3. The van der Waals surface area contributed by atoms with Crippen LogP contribution in [0.3, 0.4) is 0 Å². The molecule has 0 saturated heterocycles. The average molecular weight is 354 g/mol. The van der Waals surface area contributed by atoms with E-state index in [1.165, 1.54) is 18.9 Å². The first-order valence-corrected chi connectivity index (χ1v) is 8.22. The minimum Gasteiger partial charge on any atom is -0.465 e. The first-order valence-electron chi connectivity index (χ1n) is 8.22. The highest BCUT2D eigenvalue weighted by molar-refractivity contribution is 5.95. The molecule has 0 spiro atoms. The Hall–Kier alpha value is -3.15. The highest BCUT2D eigenvalue weighted by atomic mass is 16.5. The molecule has 1 N–H and O–H groups in total. The van der Waals surface area contributed by atoms with E-state index in [1.54, 1.807) is 24.3 Å². The number of ether oxygens (including phenoxy) is 1. The topological polar surface area (TPSA) is 75.7 Å². The number of nitrogens with one attached hydrogen (secondary N) is 1. The van der Waals surface area contributed by atoms with Crippen LogP contribution >= 0.6 is 0 Å². The van der Waals surface area contributed by atoms with Crippen LogP contribution in [0.2, 0.25) is 0 Å². The van der Waals surface area contributed by atoms with Crippen LogP contribution in [-0.2, 0) is 14.3 Å². The molecule has 2 rings (SSSR count). The number of carbonyl (C=O) groups excluding carboxylic acids is 3. The minimum absolute atomic E-state index is 0.0653. The maximum Gasteiger partial charge on any atom is 0.337 e. The van der Waals surface area contributed by atoms with Gasteiger partial charge in [-0.3, -0.25) is 9.59 Å². The lowest BCUT2D eigenvalue weighted by atomic mass is 10.1. The molecule has 0 bridgehead atoms. The Balaban J connectivity index is 2.04. The number of anilines is 1. The largest absolute Gasteiger partial charge is 0.465 e. The molecule has 136 valence electrons. The van der Waals surface area contributed by atoms with Crippen molar-refractivity contribution in [1.29, 1.82) is 0 Å². The fraction of sp³-hybridized carbons (Fsp3) is 0.250. The third-order valence-corrected chi connectivity index (χ3v) is 4.06. The lowest BCUT2D eigenvalue weighted by Crippen LogP contribution is -2.38. The van der Waals surface area contributed by atoms with Crippen LogP contribution in [0.5, 0.6) is 0 Å². The van der Waals surface area contributed by atoms with Gasteiger partial charge in [-0.15, -0.1) is 0 Å². The fourth-order valence-corrected chi connectivity index (χ4v) is 2.60. The summed E-state index contributed by atoms with van der Waals surface area (Å²) < 4.78 is 4.63. The molecule has 0 aliphatic rings. The van der Waals surface area contributed by atoms with Gasteiger partial charge in [0, 0.05) is 12.6 Å². The van der Waals surface area contributed by atoms with E-state index in [4.69, 9.17) is 0 Å². The fourth-order valence-electron chi connectivity index (χ4n) is 2.60. The van der Waals surface area contributed by atoms with E-state index in [0.29, 0.717) is 11.3 Å². The smallest absolute Gasteiger partial charge is 0.337 e. The number of carbonyl (C=O) groups is 3. The zero-order valence-corrected chi connectivity index (χ0v) is 15.1. The van der Waals surface area contributed by atoms with E-state index >= 15 is 0 Å². The Kier molecular flexibility index (Phi) is 6.49. The van der Waals surface area contributed by atoms with Crippen molar-refractivity contribution in [1.82, 2.24) is 4.90 Å². The highest BCUT2D eigenvalue weighted by Crippen LogP contribution is 2.20. The second-order valence-corrected chi connectivity index (χ2v) is 5.85. The summed E-state index contributed by atoms with van der Waals surface area (Å²) in [7, 11) is 1.31.